The first kappa shape index (κ1) is 14.9. The number of nitrogens with zero attached hydrogens (tertiary/aromatic N) is 1. The maximum Gasteiger partial charge on any atom is 0.0547 e. The van der Waals surface area contributed by atoms with Gasteiger partial charge in [-0.3, -0.25) is 0 Å². The number of aryl methyl sites for hydroxylation is 1. The van der Waals surface area contributed by atoms with Crippen LogP contribution in [0.1, 0.15) is 5.56 Å². The number of hydrogen-bond donors (Lipinski definition) is 2. The number of nitrogens with two attached hydrogens (primary N) is 1. The Kier molecular flexibility index (Phi) is 4.06. The van der Waals surface area contributed by atoms with Gasteiger partial charge in [-0.05, 0) is 42.8 Å². The third-order valence-electron chi connectivity index (χ3n) is 3.34. The molecule has 0 bridgehead atoms. The minimum atomic E-state index is 0. The Morgan fingerprint density at radius 1 is 1.05 bits per heavy atom. The second kappa shape index (κ2) is 5.46. The Morgan fingerprint density at radius 3 is 2.45 bits per heavy atom. The predicted molar refractivity (Wildman–Crippen MR) is 91.0 cm³/mol. The van der Waals surface area contributed by atoms with Crippen LogP contribution >= 0.6 is 24.2 Å². The number of benzene rings is 2. The zero-order valence-corrected chi connectivity index (χ0v) is 13.4. The molecule has 2 aromatic rings. The molecule has 0 aromatic heterocycles. The third-order valence-corrected chi connectivity index (χ3v) is 4.45. The van der Waals surface area contributed by atoms with Crippen LogP contribution in [0.15, 0.2) is 40.1 Å². The van der Waals surface area contributed by atoms with E-state index in [1.54, 1.807) is 11.8 Å². The van der Waals surface area contributed by atoms with Gasteiger partial charge in [0.05, 0.1) is 11.4 Å². The molecule has 0 fully saturated rings. The molecule has 3 rings (SSSR count). The lowest BCUT2D eigenvalue weighted by Gasteiger charge is -2.23. The minimum Gasteiger partial charge on any atom is -0.398 e. The summed E-state index contributed by atoms with van der Waals surface area (Å²) >= 11 is 1.79. The van der Waals surface area contributed by atoms with E-state index in [0.29, 0.717) is 0 Å². The van der Waals surface area contributed by atoms with Crippen molar-refractivity contribution in [1.82, 2.24) is 0 Å². The van der Waals surface area contributed by atoms with Gasteiger partial charge in [0, 0.05) is 35.3 Å². The molecule has 2 aromatic carbocycles. The predicted octanol–water partition coefficient (Wildman–Crippen LogP) is 4.27. The van der Waals surface area contributed by atoms with Crippen molar-refractivity contribution in [2.24, 2.45) is 0 Å². The van der Waals surface area contributed by atoms with Crippen molar-refractivity contribution in [3.8, 4) is 0 Å². The van der Waals surface area contributed by atoms with Crippen LogP contribution in [0.5, 0.6) is 0 Å². The summed E-state index contributed by atoms with van der Waals surface area (Å²) < 4.78 is 0. The zero-order valence-electron chi connectivity index (χ0n) is 11.7. The highest BCUT2D eigenvalue weighted by Crippen LogP contribution is 2.46. The van der Waals surface area contributed by atoms with Gasteiger partial charge in [0.2, 0.25) is 0 Å². The first-order valence-corrected chi connectivity index (χ1v) is 7.02. The van der Waals surface area contributed by atoms with Crippen molar-refractivity contribution in [2.75, 3.05) is 30.0 Å². The molecule has 0 spiro atoms. The molecule has 3 N–H and O–H groups in total. The van der Waals surface area contributed by atoms with E-state index >= 15 is 0 Å². The van der Waals surface area contributed by atoms with Crippen LogP contribution in [0.3, 0.4) is 0 Å². The van der Waals surface area contributed by atoms with Crippen LogP contribution in [0.2, 0.25) is 0 Å². The van der Waals surface area contributed by atoms with Crippen LogP contribution in [-0.4, -0.2) is 14.1 Å². The monoisotopic (exact) mass is 307 g/mol. The Bertz CT molecular complexity index is 656. The summed E-state index contributed by atoms with van der Waals surface area (Å²) in [5, 5.41) is 3.46. The lowest BCUT2D eigenvalue weighted by Crippen LogP contribution is -2.09. The van der Waals surface area contributed by atoms with Gasteiger partial charge in [0.15, 0.2) is 0 Å². The van der Waals surface area contributed by atoms with Crippen molar-refractivity contribution in [3.05, 3.63) is 35.9 Å². The fourth-order valence-corrected chi connectivity index (χ4v) is 3.22. The number of hydrogen-bond acceptors (Lipinski definition) is 4. The number of fused-ring (bicyclic) bond motifs is 2. The maximum atomic E-state index is 5.97. The molecule has 0 atom stereocenters. The van der Waals surface area contributed by atoms with Gasteiger partial charge < -0.3 is 16.0 Å². The molecule has 0 aliphatic carbocycles. The van der Waals surface area contributed by atoms with E-state index in [-0.39, 0.29) is 12.4 Å². The van der Waals surface area contributed by atoms with Gasteiger partial charge in [-0.15, -0.1) is 12.4 Å². The molecule has 0 amide bonds. The van der Waals surface area contributed by atoms with Crippen LogP contribution in [0.25, 0.3) is 0 Å². The van der Waals surface area contributed by atoms with Crippen molar-refractivity contribution in [3.63, 3.8) is 0 Å². The van der Waals surface area contributed by atoms with Gasteiger partial charge >= 0.3 is 0 Å². The third kappa shape index (κ3) is 2.53. The Hall–Kier alpha value is -1.52. The summed E-state index contributed by atoms with van der Waals surface area (Å²) in [5.74, 6) is 0. The number of nitrogen functional groups attached to an aromatic ring is 1. The quantitative estimate of drug-likeness (QED) is 0.659. The summed E-state index contributed by atoms with van der Waals surface area (Å²) in [6, 6.07) is 10.6. The van der Waals surface area contributed by atoms with Gasteiger partial charge in [0.1, 0.15) is 0 Å². The fourth-order valence-electron chi connectivity index (χ4n) is 2.12. The Balaban J connectivity index is 0.00000147. The molecule has 0 saturated carbocycles. The summed E-state index contributed by atoms with van der Waals surface area (Å²) in [4.78, 5) is 4.60. The van der Waals surface area contributed by atoms with Crippen molar-refractivity contribution < 1.29 is 0 Å². The summed E-state index contributed by atoms with van der Waals surface area (Å²) in [6.07, 6.45) is 0. The van der Waals surface area contributed by atoms with E-state index in [0.717, 1.165) is 22.6 Å². The molecular formula is C15H18ClN3S. The Labute approximate surface area is 130 Å². The second-order valence-corrected chi connectivity index (χ2v) is 6.09. The molecule has 3 nitrogen and oxygen atoms in total. The van der Waals surface area contributed by atoms with Gasteiger partial charge in [0.25, 0.3) is 0 Å². The van der Waals surface area contributed by atoms with E-state index < -0.39 is 0 Å². The molecular weight excluding hydrogens is 290 g/mol. The highest BCUT2D eigenvalue weighted by atomic mass is 35.5. The minimum absolute atomic E-state index is 0. The topological polar surface area (TPSA) is 41.3 Å². The van der Waals surface area contributed by atoms with Crippen molar-refractivity contribution >= 4 is 46.9 Å². The molecule has 20 heavy (non-hydrogen) atoms. The average molecular weight is 308 g/mol. The maximum absolute atomic E-state index is 5.97. The summed E-state index contributed by atoms with van der Waals surface area (Å²) in [5.41, 5.74) is 11.4. The first-order valence-electron chi connectivity index (χ1n) is 6.21. The zero-order chi connectivity index (χ0) is 13.6. The Morgan fingerprint density at radius 2 is 1.75 bits per heavy atom. The average Bonchev–Trinajstić information content (AvgIpc) is 2.37. The number of nitrogens with one attached hydrogen (secondary N) is 1. The lowest BCUT2D eigenvalue weighted by atomic mass is 10.1. The van der Waals surface area contributed by atoms with E-state index in [1.807, 2.05) is 13.0 Å². The van der Waals surface area contributed by atoms with Crippen LogP contribution in [-0.2, 0) is 0 Å². The van der Waals surface area contributed by atoms with Crippen LogP contribution in [0, 0.1) is 6.92 Å². The number of halogens is 1. The van der Waals surface area contributed by atoms with Gasteiger partial charge in [-0.25, -0.2) is 0 Å². The standard InChI is InChI=1S/C15H17N3S.ClH/c1-9-6-14-13(8-11(9)16)17-12-5-4-10(18(2)3)7-15(12)19-14;/h4-8,17H,16H2,1-3H3;1H. The molecule has 1 aliphatic rings. The van der Waals surface area contributed by atoms with Crippen molar-refractivity contribution in [2.45, 2.75) is 16.7 Å². The molecule has 0 unspecified atom stereocenters. The molecule has 1 heterocycles. The molecule has 5 heteroatoms. The first-order chi connectivity index (χ1) is 9.04. The van der Waals surface area contributed by atoms with Crippen molar-refractivity contribution in [1.29, 1.82) is 0 Å². The van der Waals surface area contributed by atoms with Gasteiger partial charge in [-0.2, -0.15) is 0 Å². The van der Waals surface area contributed by atoms with Crippen LogP contribution in [0.4, 0.5) is 22.7 Å². The fraction of sp³-hybridized carbons (Fsp3) is 0.200. The normalized spacial score (nSPS) is 11.8. The van der Waals surface area contributed by atoms with Crippen LogP contribution < -0.4 is 16.0 Å². The summed E-state index contributed by atoms with van der Waals surface area (Å²) in [7, 11) is 4.11. The molecule has 106 valence electrons. The van der Waals surface area contributed by atoms with E-state index in [2.05, 4.69) is 48.6 Å². The molecule has 0 radical (unpaired) electrons. The van der Waals surface area contributed by atoms with Gasteiger partial charge in [-0.1, -0.05) is 11.8 Å². The van der Waals surface area contributed by atoms with E-state index in [9.17, 15) is 0 Å². The summed E-state index contributed by atoms with van der Waals surface area (Å²) in [6.45, 7) is 2.04. The highest BCUT2D eigenvalue weighted by Gasteiger charge is 2.17. The molecule has 0 saturated heterocycles. The van der Waals surface area contributed by atoms with E-state index in [1.165, 1.54) is 15.5 Å². The smallest absolute Gasteiger partial charge is 0.0547 e. The number of rotatable bonds is 1. The second-order valence-electron chi connectivity index (χ2n) is 5.01. The molecule has 1 aliphatic heterocycles. The number of anilines is 4. The largest absolute Gasteiger partial charge is 0.398 e. The van der Waals surface area contributed by atoms with E-state index in [4.69, 9.17) is 5.73 Å². The highest BCUT2D eigenvalue weighted by molar-refractivity contribution is 7.99. The lowest BCUT2D eigenvalue weighted by molar-refractivity contribution is 1.12. The SMILES string of the molecule is Cc1cc2c(cc1N)Nc1ccc(N(C)C)cc1S2.Cl.